The highest BCUT2D eigenvalue weighted by atomic mass is 32.2. The largest absolute Gasteiger partial charge is 0.371 e. The molecule has 0 radical (unpaired) electrons. The van der Waals surface area contributed by atoms with Crippen molar-refractivity contribution in [3.05, 3.63) is 30.1 Å². The van der Waals surface area contributed by atoms with Gasteiger partial charge in [-0.05, 0) is 24.3 Å². The fourth-order valence-corrected chi connectivity index (χ4v) is 4.65. The molecule has 0 unspecified atom stereocenters. The quantitative estimate of drug-likeness (QED) is 0.810. The molecule has 1 amide bonds. The molecule has 0 spiro atoms. The average Bonchev–Trinajstić information content (AvgIpc) is 3.06. The smallest absolute Gasteiger partial charge is 0.237 e. The molecule has 132 valence electrons. The van der Waals surface area contributed by atoms with Gasteiger partial charge in [-0.25, -0.2) is 12.8 Å². The molecule has 8 heteroatoms. The Balaban J connectivity index is 1.57. The number of benzene rings is 1. The SMILES string of the molecule is NCCS(=O)(=O)CC(=O)N1C[C@@H]2CN(c3ccc(F)cc3)C[C@@H]2C1. The summed E-state index contributed by atoms with van der Waals surface area (Å²) in [6.07, 6.45) is 0. The maximum Gasteiger partial charge on any atom is 0.237 e. The first-order valence-corrected chi connectivity index (χ1v) is 9.89. The van der Waals surface area contributed by atoms with Crippen LogP contribution < -0.4 is 10.6 Å². The van der Waals surface area contributed by atoms with E-state index >= 15 is 0 Å². The number of hydrogen-bond acceptors (Lipinski definition) is 5. The molecule has 2 heterocycles. The number of likely N-dealkylation sites (tertiary alicyclic amines) is 1. The highest BCUT2D eigenvalue weighted by Gasteiger charge is 2.42. The molecule has 1 aromatic rings. The first-order chi connectivity index (χ1) is 11.4. The van der Waals surface area contributed by atoms with Crippen LogP contribution in [0.5, 0.6) is 0 Å². The van der Waals surface area contributed by atoms with Gasteiger partial charge in [-0.2, -0.15) is 0 Å². The van der Waals surface area contributed by atoms with Gasteiger partial charge >= 0.3 is 0 Å². The summed E-state index contributed by atoms with van der Waals surface area (Å²) < 4.78 is 36.5. The first-order valence-electron chi connectivity index (χ1n) is 8.07. The molecule has 0 saturated carbocycles. The number of carbonyl (C=O) groups excluding carboxylic acids is 1. The van der Waals surface area contributed by atoms with Gasteiger partial charge in [0.25, 0.3) is 0 Å². The van der Waals surface area contributed by atoms with Crippen LogP contribution in [0.15, 0.2) is 24.3 Å². The zero-order valence-electron chi connectivity index (χ0n) is 13.4. The van der Waals surface area contributed by atoms with Crippen molar-refractivity contribution in [2.45, 2.75) is 0 Å². The number of hydrogen-bond donors (Lipinski definition) is 1. The molecule has 0 bridgehead atoms. The number of carbonyl (C=O) groups is 1. The number of anilines is 1. The topological polar surface area (TPSA) is 83.7 Å². The average molecular weight is 355 g/mol. The van der Waals surface area contributed by atoms with Crippen LogP contribution in [0.4, 0.5) is 10.1 Å². The van der Waals surface area contributed by atoms with Crippen molar-refractivity contribution in [3.63, 3.8) is 0 Å². The zero-order valence-corrected chi connectivity index (χ0v) is 14.2. The minimum atomic E-state index is -3.41. The lowest BCUT2D eigenvalue weighted by molar-refractivity contribution is -0.127. The number of nitrogens with two attached hydrogens (primary N) is 1. The lowest BCUT2D eigenvalue weighted by Gasteiger charge is -2.23. The number of amides is 1. The van der Waals surface area contributed by atoms with E-state index in [0.29, 0.717) is 24.9 Å². The van der Waals surface area contributed by atoms with E-state index in [2.05, 4.69) is 4.90 Å². The van der Waals surface area contributed by atoms with Crippen molar-refractivity contribution < 1.29 is 17.6 Å². The van der Waals surface area contributed by atoms with E-state index < -0.39 is 15.6 Å². The van der Waals surface area contributed by atoms with Gasteiger partial charge in [-0.1, -0.05) is 0 Å². The number of nitrogens with zero attached hydrogens (tertiary/aromatic N) is 2. The van der Waals surface area contributed by atoms with Crippen molar-refractivity contribution >= 4 is 21.4 Å². The van der Waals surface area contributed by atoms with Gasteiger partial charge in [-0.3, -0.25) is 4.79 Å². The molecule has 2 aliphatic rings. The second-order valence-electron chi connectivity index (χ2n) is 6.58. The van der Waals surface area contributed by atoms with Crippen LogP contribution in [-0.4, -0.2) is 63.5 Å². The fourth-order valence-electron chi connectivity index (χ4n) is 3.59. The highest BCUT2D eigenvalue weighted by Crippen LogP contribution is 2.34. The van der Waals surface area contributed by atoms with Crippen LogP contribution in [-0.2, 0) is 14.6 Å². The minimum absolute atomic E-state index is 0.0352. The van der Waals surface area contributed by atoms with Gasteiger partial charge in [0.15, 0.2) is 9.84 Å². The van der Waals surface area contributed by atoms with E-state index in [9.17, 15) is 17.6 Å². The number of rotatable bonds is 5. The molecule has 2 fully saturated rings. The van der Waals surface area contributed by atoms with E-state index in [1.807, 2.05) is 0 Å². The van der Waals surface area contributed by atoms with Crippen molar-refractivity contribution in [2.24, 2.45) is 17.6 Å². The standard InChI is InChI=1S/C16H22FN3O3S/c17-14-1-3-15(4-2-14)19-7-12-9-20(10-13(12)8-19)16(21)11-24(22,23)6-5-18/h1-4,12-13H,5-11,18H2/t12-,13+. The van der Waals surface area contributed by atoms with E-state index in [1.165, 1.54) is 12.1 Å². The summed E-state index contributed by atoms with van der Waals surface area (Å²) in [5.41, 5.74) is 6.25. The highest BCUT2D eigenvalue weighted by molar-refractivity contribution is 7.92. The molecule has 1 aromatic carbocycles. The Bertz CT molecular complexity index is 694. The van der Waals surface area contributed by atoms with Crippen molar-refractivity contribution in [1.82, 2.24) is 4.90 Å². The van der Waals surface area contributed by atoms with E-state index in [-0.39, 0.29) is 24.0 Å². The summed E-state index contributed by atoms with van der Waals surface area (Å²) in [7, 11) is -3.41. The second-order valence-corrected chi connectivity index (χ2v) is 8.77. The predicted molar refractivity (Wildman–Crippen MR) is 89.9 cm³/mol. The third-order valence-electron chi connectivity index (χ3n) is 4.80. The first kappa shape index (κ1) is 17.2. The number of sulfone groups is 1. The van der Waals surface area contributed by atoms with E-state index in [1.54, 1.807) is 17.0 Å². The molecule has 2 saturated heterocycles. The summed E-state index contributed by atoms with van der Waals surface area (Å²) >= 11 is 0. The fraction of sp³-hybridized carbons (Fsp3) is 0.562. The summed E-state index contributed by atoms with van der Waals surface area (Å²) in [4.78, 5) is 16.1. The van der Waals surface area contributed by atoms with E-state index in [4.69, 9.17) is 5.73 Å². The Kier molecular flexibility index (Phi) is 4.78. The summed E-state index contributed by atoms with van der Waals surface area (Å²) in [5.74, 6) is -0.532. The maximum absolute atomic E-state index is 13.0. The van der Waals surface area contributed by atoms with E-state index in [0.717, 1.165) is 18.8 Å². The van der Waals surface area contributed by atoms with Crippen LogP contribution in [0.3, 0.4) is 0 Å². The molecular weight excluding hydrogens is 333 g/mol. The second kappa shape index (κ2) is 6.68. The van der Waals surface area contributed by atoms with Crippen molar-refractivity contribution in [2.75, 3.05) is 49.1 Å². The number of halogens is 1. The maximum atomic E-state index is 13.0. The molecule has 0 aliphatic carbocycles. The molecule has 2 aliphatic heterocycles. The van der Waals surface area contributed by atoms with Gasteiger partial charge in [0.05, 0.1) is 5.75 Å². The Morgan fingerprint density at radius 2 is 1.71 bits per heavy atom. The molecular formula is C16H22FN3O3S. The molecule has 2 N–H and O–H groups in total. The van der Waals surface area contributed by atoms with Gasteiger partial charge in [0.2, 0.25) is 5.91 Å². The summed E-state index contributed by atoms with van der Waals surface area (Å²) in [5, 5.41) is 0. The van der Waals surface area contributed by atoms with Gasteiger partial charge < -0.3 is 15.5 Å². The Morgan fingerprint density at radius 1 is 1.12 bits per heavy atom. The molecule has 24 heavy (non-hydrogen) atoms. The van der Waals surface area contributed by atoms with Gasteiger partial charge in [0.1, 0.15) is 11.6 Å². The van der Waals surface area contributed by atoms with Crippen molar-refractivity contribution in [1.29, 1.82) is 0 Å². The monoisotopic (exact) mass is 355 g/mol. The van der Waals surface area contributed by atoms with Crippen molar-refractivity contribution in [3.8, 4) is 0 Å². The van der Waals surface area contributed by atoms with Crippen LogP contribution in [0.25, 0.3) is 0 Å². The Morgan fingerprint density at radius 3 is 2.25 bits per heavy atom. The third kappa shape index (κ3) is 3.70. The van der Waals surface area contributed by atoms with Crippen LogP contribution in [0.2, 0.25) is 0 Å². The van der Waals surface area contributed by atoms with Crippen LogP contribution in [0.1, 0.15) is 0 Å². The normalized spacial score (nSPS) is 23.6. The predicted octanol–water partition coefficient (Wildman–Crippen LogP) is 0.0938. The Labute approximate surface area is 141 Å². The summed E-state index contributed by atoms with van der Waals surface area (Å²) in [6, 6.07) is 6.42. The van der Waals surface area contributed by atoms with Crippen LogP contribution >= 0.6 is 0 Å². The molecule has 6 nitrogen and oxygen atoms in total. The lowest BCUT2D eigenvalue weighted by atomic mass is 10.0. The lowest BCUT2D eigenvalue weighted by Crippen LogP contribution is -2.37. The van der Waals surface area contributed by atoms with Crippen LogP contribution in [0, 0.1) is 17.7 Å². The molecule has 0 aromatic heterocycles. The summed E-state index contributed by atoms with van der Waals surface area (Å²) in [6.45, 7) is 2.80. The molecule has 2 atom stereocenters. The zero-order chi connectivity index (χ0) is 17.3. The Hall–Kier alpha value is -1.67. The van der Waals surface area contributed by atoms with Gasteiger partial charge in [-0.15, -0.1) is 0 Å². The number of fused-ring (bicyclic) bond motifs is 1. The minimum Gasteiger partial charge on any atom is -0.371 e. The molecule has 3 rings (SSSR count). The third-order valence-corrected chi connectivity index (χ3v) is 6.35. The van der Waals surface area contributed by atoms with Gasteiger partial charge in [0, 0.05) is 50.2 Å².